The summed E-state index contributed by atoms with van der Waals surface area (Å²) in [5.41, 5.74) is 5.37. The molecule has 0 saturated heterocycles. The molecule has 0 bridgehead atoms. The van der Waals surface area contributed by atoms with Crippen LogP contribution in [-0.2, 0) is 10.8 Å². The fraction of sp³-hybridized carbons (Fsp3) is 0.613. The fourth-order valence-electron chi connectivity index (χ4n) is 6.59. The van der Waals surface area contributed by atoms with Crippen LogP contribution in [0, 0.1) is 11.8 Å². The van der Waals surface area contributed by atoms with Crippen LogP contribution in [0.4, 0.5) is 0 Å². The molecule has 3 rings (SSSR count). The Bertz CT molecular complexity index is 917. The maximum atomic E-state index is 6.64. The summed E-state index contributed by atoms with van der Waals surface area (Å²) in [6.45, 7) is 26.1. The van der Waals surface area contributed by atoms with Gasteiger partial charge in [0, 0.05) is 0 Å². The molecule has 1 saturated carbocycles. The van der Waals surface area contributed by atoms with Gasteiger partial charge in [0.1, 0.15) is 12.4 Å². The molecule has 182 valence electrons. The Morgan fingerprint density at radius 2 is 1.73 bits per heavy atom. The molecule has 33 heavy (non-hydrogen) atoms. The highest BCUT2D eigenvalue weighted by Crippen LogP contribution is 2.55. The van der Waals surface area contributed by atoms with Crippen LogP contribution in [0.3, 0.4) is 0 Å². The minimum absolute atomic E-state index is 0.0187. The van der Waals surface area contributed by atoms with E-state index in [0.717, 1.165) is 11.8 Å². The van der Waals surface area contributed by atoms with Gasteiger partial charge in [-0.25, -0.2) is 0 Å². The average molecular weight is 465 g/mol. The normalized spacial score (nSPS) is 23.3. The van der Waals surface area contributed by atoms with Crippen LogP contribution >= 0.6 is 0 Å². The highest BCUT2D eigenvalue weighted by atomic mass is 28.3. The minimum Gasteiger partial charge on any atom is -0.489 e. The van der Waals surface area contributed by atoms with Gasteiger partial charge in [-0.05, 0) is 57.4 Å². The summed E-state index contributed by atoms with van der Waals surface area (Å²) in [5, 5.41) is 1.57. The van der Waals surface area contributed by atoms with Crippen LogP contribution in [0.2, 0.25) is 17.6 Å². The number of benzene rings is 1. The molecule has 0 aromatic heterocycles. The second kappa shape index (κ2) is 9.60. The first-order valence-corrected chi connectivity index (χ1v) is 15.7. The lowest BCUT2D eigenvalue weighted by atomic mass is 9.80. The van der Waals surface area contributed by atoms with E-state index in [9.17, 15) is 0 Å². The van der Waals surface area contributed by atoms with E-state index in [2.05, 4.69) is 99.3 Å². The molecule has 1 nitrogen and oxygen atoms in total. The molecule has 1 aromatic carbocycles. The SMILES string of the molecule is C=CCOc1c(C(C)(C)C)cc(C(C)(C)C)cc1[Si](CC)(CC)C1C2=CC=CCC2CC1C. The third-order valence-electron chi connectivity index (χ3n) is 8.40. The summed E-state index contributed by atoms with van der Waals surface area (Å²) in [6.07, 6.45) is 11.6. The van der Waals surface area contributed by atoms with Crippen molar-refractivity contribution < 1.29 is 4.74 Å². The van der Waals surface area contributed by atoms with Crippen molar-refractivity contribution in [2.24, 2.45) is 11.8 Å². The van der Waals surface area contributed by atoms with Crippen molar-refractivity contribution in [3.05, 3.63) is 59.7 Å². The Hall–Kier alpha value is -1.54. The summed E-state index contributed by atoms with van der Waals surface area (Å²) < 4.78 is 6.64. The van der Waals surface area contributed by atoms with Crippen LogP contribution < -0.4 is 9.92 Å². The molecule has 0 spiro atoms. The van der Waals surface area contributed by atoms with Crippen LogP contribution in [0.5, 0.6) is 5.75 Å². The molecule has 0 heterocycles. The molecule has 0 radical (unpaired) electrons. The molecule has 0 amide bonds. The lowest BCUT2D eigenvalue weighted by Crippen LogP contribution is -2.53. The van der Waals surface area contributed by atoms with E-state index in [1.807, 2.05) is 6.08 Å². The van der Waals surface area contributed by atoms with Gasteiger partial charge in [0.05, 0.1) is 8.07 Å². The average Bonchev–Trinajstić information content (AvgIpc) is 3.08. The van der Waals surface area contributed by atoms with E-state index in [1.54, 1.807) is 10.8 Å². The van der Waals surface area contributed by atoms with E-state index < -0.39 is 8.07 Å². The van der Waals surface area contributed by atoms with Crippen molar-refractivity contribution in [2.45, 2.75) is 104 Å². The highest BCUT2D eigenvalue weighted by molar-refractivity contribution is 6.94. The molecule has 2 aliphatic rings. The van der Waals surface area contributed by atoms with Crippen LogP contribution in [-0.4, -0.2) is 14.7 Å². The molecule has 3 atom stereocenters. The largest absolute Gasteiger partial charge is 0.489 e. The van der Waals surface area contributed by atoms with Gasteiger partial charge >= 0.3 is 0 Å². The van der Waals surface area contributed by atoms with Gasteiger partial charge in [0.25, 0.3) is 0 Å². The second-order valence-electron chi connectivity index (χ2n) is 12.6. The third kappa shape index (κ3) is 4.83. The summed E-state index contributed by atoms with van der Waals surface area (Å²) in [5.74, 6) is 2.65. The number of ether oxygens (including phenoxy) is 1. The smallest absolute Gasteiger partial charge is 0.122 e. The minimum atomic E-state index is -1.93. The van der Waals surface area contributed by atoms with Crippen molar-refractivity contribution in [3.63, 3.8) is 0 Å². The predicted molar refractivity (Wildman–Crippen MR) is 149 cm³/mol. The molecule has 1 aromatic rings. The van der Waals surface area contributed by atoms with Crippen molar-refractivity contribution in [1.29, 1.82) is 0 Å². The van der Waals surface area contributed by atoms with Crippen molar-refractivity contribution >= 4 is 13.3 Å². The molecular formula is C31H48OSi. The summed E-state index contributed by atoms with van der Waals surface area (Å²) in [7, 11) is -1.93. The third-order valence-corrected chi connectivity index (χ3v) is 14.5. The van der Waals surface area contributed by atoms with Crippen molar-refractivity contribution in [2.75, 3.05) is 6.61 Å². The number of hydrogen-bond donors (Lipinski definition) is 0. The Balaban J connectivity index is 2.37. The zero-order chi connectivity index (χ0) is 24.6. The summed E-state index contributed by atoms with van der Waals surface area (Å²) >= 11 is 0. The van der Waals surface area contributed by atoms with Gasteiger partial charge in [-0.15, -0.1) is 0 Å². The Morgan fingerprint density at radius 3 is 2.27 bits per heavy atom. The van der Waals surface area contributed by atoms with Crippen molar-refractivity contribution in [3.8, 4) is 5.75 Å². The highest BCUT2D eigenvalue weighted by Gasteiger charge is 2.51. The first-order valence-electron chi connectivity index (χ1n) is 13.2. The van der Waals surface area contributed by atoms with E-state index in [0.29, 0.717) is 12.1 Å². The Kier molecular flexibility index (Phi) is 7.59. The second-order valence-corrected chi connectivity index (χ2v) is 17.5. The maximum Gasteiger partial charge on any atom is 0.122 e. The topological polar surface area (TPSA) is 9.23 Å². The summed E-state index contributed by atoms with van der Waals surface area (Å²) in [6, 6.07) is 7.53. The number of hydrogen-bond acceptors (Lipinski definition) is 1. The van der Waals surface area contributed by atoms with Gasteiger partial charge in [0.15, 0.2) is 0 Å². The molecule has 2 aliphatic carbocycles. The van der Waals surface area contributed by atoms with Gasteiger partial charge in [-0.3, -0.25) is 0 Å². The van der Waals surface area contributed by atoms with Crippen molar-refractivity contribution in [1.82, 2.24) is 0 Å². The molecule has 0 aliphatic heterocycles. The Labute approximate surface area is 205 Å². The summed E-state index contributed by atoms with van der Waals surface area (Å²) in [4.78, 5) is 0. The first kappa shape index (κ1) is 26.1. The number of fused-ring (bicyclic) bond motifs is 1. The van der Waals surface area contributed by atoms with Gasteiger partial charge in [-0.2, -0.15) is 0 Å². The lowest BCUT2D eigenvalue weighted by Gasteiger charge is -2.43. The number of rotatable bonds is 7. The Morgan fingerprint density at radius 1 is 1.06 bits per heavy atom. The van der Waals surface area contributed by atoms with Gasteiger partial charge in [0.2, 0.25) is 0 Å². The van der Waals surface area contributed by atoms with E-state index in [4.69, 9.17) is 4.74 Å². The van der Waals surface area contributed by atoms with E-state index in [-0.39, 0.29) is 10.8 Å². The molecule has 3 unspecified atom stereocenters. The van der Waals surface area contributed by atoms with Crippen LogP contribution in [0.15, 0.2) is 48.6 Å². The molecule has 2 heteroatoms. The monoisotopic (exact) mass is 464 g/mol. The zero-order valence-corrected chi connectivity index (χ0v) is 23.8. The zero-order valence-electron chi connectivity index (χ0n) is 22.8. The van der Waals surface area contributed by atoms with E-state index >= 15 is 0 Å². The van der Waals surface area contributed by atoms with E-state index in [1.165, 1.54) is 41.8 Å². The molecule has 0 N–H and O–H groups in total. The standard InChI is InChI=1S/C31H48OSi/c1-11-18-32-28-26(31(8,9)10)20-24(30(5,6)7)21-27(28)33(12-2,13-3)29-22(4)19-23-16-14-15-17-25(23)29/h11,14-15,17,20-23,29H,1,12-13,16,18-19H2,2-10H3. The quantitative estimate of drug-likeness (QED) is 0.290. The number of allylic oxidation sites excluding steroid dienone is 4. The molecular weight excluding hydrogens is 416 g/mol. The lowest BCUT2D eigenvalue weighted by molar-refractivity contribution is 0.353. The van der Waals surface area contributed by atoms with Crippen LogP contribution in [0.1, 0.15) is 86.3 Å². The van der Waals surface area contributed by atoms with Gasteiger partial charge in [-0.1, -0.05) is 123 Å². The van der Waals surface area contributed by atoms with Crippen LogP contribution in [0.25, 0.3) is 0 Å². The fourth-order valence-corrected chi connectivity index (χ4v) is 12.4. The molecule has 1 fully saturated rings. The maximum absolute atomic E-state index is 6.64. The predicted octanol–water partition coefficient (Wildman–Crippen LogP) is 8.45. The first-order chi connectivity index (χ1) is 15.4. The van der Waals surface area contributed by atoms with Gasteiger partial charge < -0.3 is 4.74 Å².